The lowest BCUT2D eigenvalue weighted by Crippen LogP contribution is -2.55. The van der Waals surface area contributed by atoms with Crippen molar-refractivity contribution in [3.05, 3.63) is 29.8 Å². The molecule has 1 aliphatic carbocycles. The van der Waals surface area contributed by atoms with Crippen molar-refractivity contribution < 1.29 is 4.74 Å². The van der Waals surface area contributed by atoms with Crippen LogP contribution in [0.25, 0.3) is 0 Å². The number of hydrogen-bond acceptors (Lipinski definition) is 3. The lowest BCUT2D eigenvalue weighted by Gasteiger charge is -2.48. The Morgan fingerprint density at radius 2 is 1.86 bits per heavy atom. The highest BCUT2D eigenvalue weighted by atomic mass is 16.5. The molecule has 2 N–H and O–H groups in total. The zero-order valence-electron chi connectivity index (χ0n) is 13.9. The Morgan fingerprint density at radius 3 is 2.43 bits per heavy atom. The van der Waals surface area contributed by atoms with Gasteiger partial charge in [-0.2, -0.15) is 0 Å². The highest BCUT2D eigenvalue weighted by Gasteiger charge is 2.40. The summed E-state index contributed by atoms with van der Waals surface area (Å²) in [5.41, 5.74) is 7.58. The fraction of sp³-hybridized carbons (Fsp3) is 0.667. The third-order valence-corrected chi connectivity index (χ3v) is 5.05. The summed E-state index contributed by atoms with van der Waals surface area (Å²) in [6.45, 7) is 6.34. The molecule has 2 unspecified atom stereocenters. The standard InChI is InChI=1S/C18H30N2O/c1-14-9-15(2)11-18(10-14,13-19)20(3)12-16-7-5-6-8-17(16)21-4/h5-8,14-15H,9-13,19H2,1-4H3. The first kappa shape index (κ1) is 16.3. The van der Waals surface area contributed by atoms with Crippen LogP contribution < -0.4 is 10.5 Å². The highest BCUT2D eigenvalue weighted by molar-refractivity contribution is 5.33. The topological polar surface area (TPSA) is 38.5 Å². The van der Waals surface area contributed by atoms with E-state index < -0.39 is 0 Å². The van der Waals surface area contributed by atoms with Crippen molar-refractivity contribution in [3.63, 3.8) is 0 Å². The fourth-order valence-electron chi connectivity index (χ4n) is 4.13. The minimum atomic E-state index is 0.123. The predicted octanol–water partition coefficient (Wildman–Crippen LogP) is 3.28. The first-order chi connectivity index (χ1) is 10.0. The van der Waals surface area contributed by atoms with Gasteiger partial charge in [0.1, 0.15) is 5.75 Å². The van der Waals surface area contributed by atoms with Crippen LogP contribution in [0, 0.1) is 11.8 Å². The van der Waals surface area contributed by atoms with Gasteiger partial charge >= 0.3 is 0 Å². The highest BCUT2D eigenvalue weighted by Crippen LogP contribution is 2.39. The number of methoxy groups -OCH3 is 1. The van der Waals surface area contributed by atoms with E-state index in [1.54, 1.807) is 7.11 Å². The van der Waals surface area contributed by atoms with Crippen LogP contribution in [0.3, 0.4) is 0 Å². The molecule has 0 aromatic heterocycles. The molecule has 3 nitrogen and oxygen atoms in total. The first-order valence-electron chi connectivity index (χ1n) is 8.04. The van der Waals surface area contributed by atoms with Gasteiger partial charge in [0.05, 0.1) is 7.11 Å². The van der Waals surface area contributed by atoms with Crippen LogP contribution in [0.5, 0.6) is 5.75 Å². The van der Waals surface area contributed by atoms with Crippen LogP contribution >= 0.6 is 0 Å². The zero-order valence-corrected chi connectivity index (χ0v) is 13.9. The first-order valence-corrected chi connectivity index (χ1v) is 8.04. The summed E-state index contributed by atoms with van der Waals surface area (Å²) in [7, 11) is 3.95. The van der Waals surface area contributed by atoms with Crippen LogP contribution in [-0.2, 0) is 6.54 Å². The van der Waals surface area contributed by atoms with E-state index in [2.05, 4.69) is 37.9 Å². The summed E-state index contributed by atoms with van der Waals surface area (Å²) in [6.07, 6.45) is 3.71. The van der Waals surface area contributed by atoms with E-state index in [1.807, 2.05) is 12.1 Å². The number of likely N-dealkylation sites (N-methyl/N-ethyl adjacent to an activating group) is 1. The largest absolute Gasteiger partial charge is 0.496 e. The molecule has 1 saturated carbocycles. The summed E-state index contributed by atoms with van der Waals surface area (Å²) in [6, 6.07) is 8.28. The van der Waals surface area contributed by atoms with Crippen LogP contribution in [0.4, 0.5) is 0 Å². The molecule has 2 rings (SSSR count). The van der Waals surface area contributed by atoms with Gasteiger partial charge in [-0.15, -0.1) is 0 Å². The summed E-state index contributed by atoms with van der Waals surface area (Å²) >= 11 is 0. The van der Waals surface area contributed by atoms with E-state index in [-0.39, 0.29) is 5.54 Å². The molecule has 118 valence electrons. The molecule has 0 amide bonds. The monoisotopic (exact) mass is 290 g/mol. The molecule has 0 radical (unpaired) electrons. The summed E-state index contributed by atoms with van der Waals surface area (Å²) in [5, 5.41) is 0. The second-order valence-electron chi connectivity index (χ2n) is 6.95. The van der Waals surface area contributed by atoms with Gasteiger partial charge in [0.15, 0.2) is 0 Å². The van der Waals surface area contributed by atoms with E-state index >= 15 is 0 Å². The van der Waals surface area contributed by atoms with Crippen molar-refractivity contribution >= 4 is 0 Å². The number of benzene rings is 1. The zero-order chi connectivity index (χ0) is 15.5. The maximum Gasteiger partial charge on any atom is 0.123 e. The molecule has 3 heteroatoms. The Labute approximate surface area is 129 Å². The summed E-state index contributed by atoms with van der Waals surface area (Å²) in [5.74, 6) is 2.46. The van der Waals surface area contributed by atoms with Gasteiger partial charge in [-0.25, -0.2) is 0 Å². The molecule has 0 spiro atoms. The average molecular weight is 290 g/mol. The molecule has 0 aliphatic heterocycles. The molecule has 1 fully saturated rings. The molecular weight excluding hydrogens is 260 g/mol. The maximum atomic E-state index is 6.21. The van der Waals surface area contributed by atoms with E-state index in [9.17, 15) is 0 Å². The Morgan fingerprint density at radius 1 is 1.24 bits per heavy atom. The lowest BCUT2D eigenvalue weighted by atomic mass is 9.70. The van der Waals surface area contributed by atoms with E-state index in [0.717, 1.165) is 30.7 Å². The van der Waals surface area contributed by atoms with Crippen LogP contribution in [-0.4, -0.2) is 31.1 Å². The van der Waals surface area contributed by atoms with Gasteiger partial charge in [0, 0.05) is 24.2 Å². The number of hydrogen-bond donors (Lipinski definition) is 1. The smallest absolute Gasteiger partial charge is 0.123 e. The molecule has 0 bridgehead atoms. The molecule has 0 saturated heterocycles. The van der Waals surface area contributed by atoms with Crippen LogP contribution in [0.2, 0.25) is 0 Å². The number of ether oxygens (including phenoxy) is 1. The minimum Gasteiger partial charge on any atom is -0.496 e. The van der Waals surface area contributed by atoms with E-state index in [0.29, 0.717) is 0 Å². The van der Waals surface area contributed by atoms with Crippen molar-refractivity contribution in [2.24, 2.45) is 17.6 Å². The van der Waals surface area contributed by atoms with Gasteiger partial charge in [0.25, 0.3) is 0 Å². The maximum absolute atomic E-state index is 6.21. The van der Waals surface area contributed by atoms with Crippen molar-refractivity contribution in [3.8, 4) is 5.75 Å². The second kappa shape index (κ2) is 6.80. The summed E-state index contributed by atoms with van der Waals surface area (Å²) in [4.78, 5) is 2.46. The van der Waals surface area contributed by atoms with Crippen molar-refractivity contribution in [1.29, 1.82) is 0 Å². The lowest BCUT2D eigenvalue weighted by molar-refractivity contribution is 0.0329. The van der Waals surface area contributed by atoms with Crippen molar-refractivity contribution in [1.82, 2.24) is 4.90 Å². The molecule has 0 heterocycles. The van der Waals surface area contributed by atoms with Gasteiger partial charge in [-0.1, -0.05) is 32.0 Å². The van der Waals surface area contributed by atoms with Gasteiger partial charge in [0.2, 0.25) is 0 Å². The Bertz CT molecular complexity index is 450. The number of nitrogens with two attached hydrogens (primary N) is 1. The predicted molar refractivity (Wildman–Crippen MR) is 88.4 cm³/mol. The molecule has 21 heavy (non-hydrogen) atoms. The molecule has 1 aromatic carbocycles. The Hall–Kier alpha value is -1.06. The van der Waals surface area contributed by atoms with Crippen LogP contribution in [0.1, 0.15) is 38.7 Å². The van der Waals surface area contributed by atoms with Crippen LogP contribution in [0.15, 0.2) is 24.3 Å². The van der Waals surface area contributed by atoms with Gasteiger partial charge < -0.3 is 10.5 Å². The van der Waals surface area contributed by atoms with Crippen molar-refractivity contribution in [2.45, 2.75) is 45.2 Å². The third kappa shape index (κ3) is 3.58. The van der Waals surface area contributed by atoms with Gasteiger partial charge in [-0.05, 0) is 44.2 Å². The number of rotatable bonds is 5. The average Bonchev–Trinajstić information content (AvgIpc) is 2.46. The number of nitrogens with zero attached hydrogens (tertiary/aromatic N) is 1. The summed E-state index contributed by atoms with van der Waals surface area (Å²) < 4.78 is 5.48. The third-order valence-electron chi connectivity index (χ3n) is 5.05. The quantitative estimate of drug-likeness (QED) is 0.904. The Balaban J connectivity index is 2.18. The fourth-order valence-corrected chi connectivity index (χ4v) is 4.13. The van der Waals surface area contributed by atoms with E-state index in [4.69, 9.17) is 10.5 Å². The Kier molecular flexibility index (Phi) is 5.28. The van der Waals surface area contributed by atoms with Gasteiger partial charge in [-0.3, -0.25) is 4.90 Å². The van der Waals surface area contributed by atoms with E-state index in [1.165, 1.54) is 24.8 Å². The second-order valence-corrected chi connectivity index (χ2v) is 6.95. The minimum absolute atomic E-state index is 0.123. The molecular formula is C18H30N2O. The normalized spacial score (nSPS) is 29.6. The molecule has 2 atom stereocenters. The van der Waals surface area contributed by atoms with Crippen molar-refractivity contribution in [2.75, 3.05) is 20.7 Å². The molecule has 1 aromatic rings. The SMILES string of the molecule is COc1ccccc1CN(C)C1(CN)CC(C)CC(C)C1. The molecule has 1 aliphatic rings. The number of para-hydroxylation sites is 1.